The van der Waals surface area contributed by atoms with Crippen molar-refractivity contribution in [2.75, 3.05) is 7.11 Å². The highest BCUT2D eigenvalue weighted by atomic mass is 79.9. The molecule has 3 aromatic heterocycles. The third-order valence-corrected chi connectivity index (χ3v) is 4.16. The zero-order valence-electron chi connectivity index (χ0n) is 12.4. The number of nitrogens with zero attached hydrogens (tertiary/aromatic N) is 3. The van der Waals surface area contributed by atoms with Crippen LogP contribution in [0.4, 0.5) is 0 Å². The Bertz CT molecular complexity index is 839. The van der Waals surface area contributed by atoms with E-state index in [0.29, 0.717) is 5.88 Å². The molecule has 0 saturated carbocycles. The molecule has 4 nitrogen and oxygen atoms in total. The van der Waals surface area contributed by atoms with Crippen molar-refractivity contribution in [2.24, 2.45) is 0 Å². The van der Waals surface area contributed by atoms with Crippen molar-refractivity contribution in [2.45, 2.75) is 20.8 Å². The minimum absolute atomic E-state index is 0.625. The fraction of sp³-hybridized carbons (Fsp3) is 0.250. The van der Waals surface area contributed by atoms with Gasteiger partial charge in [0.15, 0.2) is 0 Å². The van der Waals surface area contributed by atoms with Gasteiger partial charge in [-0.05, 0) is 60.5 Å². The number of rotatable bonds is 2. The molecule has 5 heteroatoms. The molecule has 0 fully saturated rings. The van der Waals surface area contributed by atoms with E-state index >= 15 is 0 Å². The quantitative estimate of drug-likeness (QED) is 0.702. The van der Waals surface area contributed by atoms with Gasteiger partial charge in [0, 0.05) is 16.1 Å². The van der Waals surface area contributed by atoms with Gasteiger partial charge < -0.3 is 4.74 Å². The van der Waals surface area contributed by atoms with E-state index in [2.05, 4.69) is 39.0 Å². The third-order valence-electron chi connectivity index (χ3n) is 3.53. The number of ether oxygens (including phenoxy) is 1. The second-order valence-electron chi connectivity index (χ2n) is 5.09. The molecule has 0 amide bonds. The van der Waals surface area contributed by atoms with Gasteiger partial charge in [0.2, 0.25) is 5.88 Å². The van der Waals surface area contributed by atoms with Crippen molar-refractivity contribution in [1.29, 1.82) is 0 Å². The van der Waals surface area contributed by atoms with E-state index in [1.54, 1.807) is 7.11 Å². The third kappa shape index (κ3) is 2.31. The summed E-state index contributed by atoms with van der Waals surface area (Å²) in [5, 5.41) is 4.64. The van der Waals surface area contributed by atoms with Gasteiger partial charge in [0.25, 0.3) is 0 Å². The number of hydrogen-bond donors (Lipinski definition) is 0. The number of aryl methyl sites for hydroxylation is 3. The molecule has 0 saturated heterocycles. The Morgan fingerprint density at radius 1 is 1.14 bits per heavy atom. The Morgan fingerprint density at radius 2 is 1.90 bits per heavy atom. The number of hydrogen-bond acceptors (Lipinski definition) is 3. The molecule has 3 rings (SSSR count). The van der Waals surface area contributed by atoms with Gasteiger partial charge in [-0.3, -0.25) is 0 Å². The SMILES string of the molecule is COc1ccc(-c2c(C)cc3c(Br)cc(C)nn23)c(C)n1. The lowest BCUT2D eigenvalue weighted by Crippen LogP contribution is -2.00. The van der Waals surface area contributed by atoms with Crippen LogP contribution in [0.25, 0.3) is 16.8 Å². The first-order valence-electron chi connectivity index (χ1n) is 6.68. The first kappa shape index (κ1) is 14.1. The second kappa shape index (κ2) is 5.15. The molecule has 0 aromatic carbocycles. The van der Waals surface area contributed by atoms with Crippen molar-refractivity contribution in [3.8, 4) is 17.1 Å². The molecule has 3 aromatic rings. The van der Waals surface area contributed by atoms with Crippen molar-refractivity contribution in [1.82, 2.24) is 14.6 Å². The molecule has 0 bridgehead atoms. The van der Waals surface area contributed by atoms with E-state index in [1.165, 1.54) is 5.56 Å². The molecule has 21 heavy (non-hydrogen) atoms. The molecule has 0 unspecified atom stereocenters. The zero-order valence-corrected chi connectivity index (χ0v) is 14.0. The molecular weight excluding hydrogens is 330 g/mol. The fourth-order valence-corrected chi connectivity index (χ4v) is 3.18. The van der Waals surface area contributed by atoms with Gasteiger partial charge >= 0.3 is 0 Å². The first-order valence-corrected chi connectivity index (χ1v) is 7.48. The maximum atomic E-state index is 5.18. The van der Waals surface area contributed by atoms with E-state index in [-0.39, 0.29) is 0 Å². The minimum Gasteiger partial charge on any atom is -0.481 e. The molecule has 0 aliphatic rings. The maximum absolute atomic E-state index is 5.18. The van der Waals surface area contributed by atoms with Gasteiger partial charge in [0.1, 0.15) is 0 Å². The van der Waals surface area contributed by atoms with E-state index in [0.717, 1.165) is 32.6 Å². The Labute approximate surface area is 131 Å². The normalized spacial score (nSPS) is 11.1. The topological polar surface area (TPSA) is 39.4 Å². The molecule has 0 N–H and O–H groups in total. The summed E-state index contributed by atoms with van der Waals surface area (Å²) in [6.07, 6.45) is 0. The van der Waals surface area contributed by atoms with Crippen LogP contribution in [0.5, 0.6) is 5.88 Å². The van der Waals surface area contributed by atoms with Crippen LogP contribution in [0.3, 0.4) is 0 Å². The number of methoxy groups -OCH3 is 1. The predicted molar refractivity (Wildman–Crippen MR) is 86.9 cm³/mol. The van der Waals surface area contributed by atoms with Crippen molar-refractivity contribution >= 4 is 21.4 Å². The summed E-state index contributed by atoms with van der Waals surface area (Å²) in [5.74, 6) is 0.625. The number of aromatic nitrogens is 3. The lowest BCUT2D eigenvalue weighted by atomic mass is 10.1. The van der Waals surface area contributed by atoms with Crippen LogP contribution in [0, 0.1) is 20.8 Å². The van der Waals surface area contributed by atoms with E-state index in [1.807, 2.05) is 36.6 Å². The largest absolute Gasteiger partial charge is 0.481 e. The molecule has 0 aliphatic heterocycles. The zero-order chi connectivity index (χ0) is 15.1. The molecule has 3 heterocycles. The summed E-state index contributed by atoms with van der Waals surface area (Å²) in [5.41, 5.74) is 6.26. The standard InChI is InChI=1S/C16H16BrN3O/c1-9-7-14-13(17)8-10(2)19-20(14)16(9)12-5-6-15(21-4)18-11(12)3/h5-8H,1-4H3. The summed E-state index contributed by atoms with van der Waals surface area (Å²) in [6, 6.07) is 8.08. The highest BCUT2D eigenvalue weighted by molar-refractivity contribution is 9.10. The average molecular weight is 346 g/mol. The van der Waals surface area contributed by atoms with Gasteiger partial charge in [-0.15, -0.1) is 0 Å². The highest BCUT2D eigenvalue weighted by Gasteiger charge is 2.15. The van der Waals surface area contributed by atoms with Crippen LogP contribution < -0.4 is 4.74 Å². The van der Waals surface area contributed by atoms with Gasteiger partial charge in [0.05, 0.1) is 29.7 Å². The Balaban J connectivity index is 2.32. The van der Waals surface area contributed by atoms with E-state index < -0.39 is 0 Å². The Morgan fingerprint density at radius 3 is 2.57 bits per heavy atom. The Hall–Kier alpha value is -1.88. The molecule has 0 spiro atoms. The summed E-state index contributed by atoms with van der Waals surface area (Å²) in [6.45, 7) is 6.07. The lowest BCUT2D eigenvalue weighted by Gasteiger charge is -2.09. The maximum Gasteiger partial charge on any atom is 0.213 e. The van der Waals surface area contributed by atoms with Crippen molar-refractivity contribution in [3.63, 3.8) is 0 Å². The highest BCUT2D eigenvalue weighted by Crippen LogP contribution is 2.32. The predicted octanol–water partition coefficient (Wildman–Crippen LogP) is 4.09. The van der Waals surface area contributed by atoms with E-state index in [9.17, 15) is 0 Å². The average Bonchev–Trinajstić information content (AvgIpc) is 2.75. The van der Waals surface area contributed by atoms with Crippen LogP contribution in [0.15, 0.2) is 28.7 Å². The van der Waals surface area contributed by atoms with Crippen molar-refractivity contribution < 1.29 is 4.74 Å². The first-order chi connectivity index (χ1) is 10.0. The molecular formula is C16H16BrN3O. The summed E-state index contributed by atoms with van der Waals surface area (Å²) >= 11 is 3.61. The minimum atomic E-state index is 0.625. The molecule has 0 aliphatic carbocycles. The summed E-state index contributed by atoms with van der Waals surface area (Å²) in [7, 11) is 1.63. The molecule has 0 radical (unpaired) electrons. The number of pyridine rings is 1. The number of fused-ring (bicyclic) bond motifs is 1. The summed E-state index contributed by atoms with van der Waals surface area (Å²) < 4.78 is 8.20. The van der Waals surface area contributed by atoms with Crippen LogP contribution in [-0.4, -0.2) is 21.7 Å². The van der Waals surface area contributed by atoms with Gasteiger partial charge in [-0.25, -0.2) is 9.50 Å². The van der Waals surface area contributed by atoms with Gasteiger partial charge in [-0.2, -0.15) is 5.10 Å². The van der Waals surface area contributed by atoms with Crippen LogP contribution in [-0.2, 0) is 0 Å². The lowest BCUT2D eigenvalue weighted by molar-refractivity contribution is 0.397. The Kier molecular flexibility index (Phi) is 3.45. The molecule has 0 atom stereocenters. The summed E-state index contributed by atoms with van der Waals surface area (Å²) in [4.78, 5) is 4.47. The van der Waals surface area contributed by atoms with Crippen LogP contribution in [0.1, 0.15) is 17.0 Å². The van der Waals surface area contributed by atoms with Crippen LogP contribution >= 0.6 is 15.9 Å². The van der Waals surface area contributed by atoms with Gasteiger partial charge in [-0.1, -0.05) is 0 Å². The van der Waals surface area contributed by atoms with Crippen molar-refractivity contribution in [3.05, 3.63) is 45.7 Å². The number of halogens is 1. The molecule has 108 valence electrons. The fourth-order valence-electron chi connectivity index (χ4n) is 2.57. The second-order valence-corrected chi connectivity index (χ2v) is 5.95. The van der Waals surface area contributed by atoms with E-state index in [4.69, 9.17) is 4.74 Å². The smallest absolute Gasteiger partial charge is 0.213 e. The monoisotopic (exact) mass is 345 g/mol. The van der Waals surface area contributed by atoms with Crippen LogP contribution in [0.2, 0.25) is 0 Å².